The van der Waals surface area contributed by atoms with Crippen molar-refractivity contribution in [3.8, 4) is 0 Å². The van der Waals surface area contributed by atoms with Crippen molar-refractivity contribution in [1.82, 2.24) is 10.2 Å². The van der Waals surface area contributed by atoms with Gasteiger partial charge in [-0.25, -0.2) is 0 Å². The molecule has 1 aliphatic carbocycles. The maximum Gasteiger partial charge on any atom is 0.418 e. The zero-order valence-corrected chi connectivity index (χ0v) is 19.5. The lowest BCUT2D eigenvalue weighted by molar-refractivity contribution is -0.142. The first-order valence-corrected chi connectivity index (χ1v) is 11.5. The van der Waals surface area contributed by atoms with E-state index in [4.69, 9.17) is 9.15 Å². The molecule has 1 aliphatic rings. The Labute approximate surface area is 205 Å². The zero-order chi connectivity index (χ0) is 25.7. The molecule has 0 radical (unpaired) electrons. The Kier molecular flexibility index (Phi) is 7.56. The molecular weight excluding hydrogens is 477 g/mol. The van der Waals surface area contributed by atoms with Crippen LogP contribution in [0.25, 0.3) is 0 Å². The third-order valence-corrected chi connectivity index (χ3v) is 6.26. The summed E-state index contributed by atoms with van der Waals surface area (Å²) in [5.41, 5.74) is 0.497. The molecule has 4 rings (SSSR count). The van der Waals surface area contributed by atoms with Crippen molar-refractivity contribution in [3.05, 3.63) is 65.5 Å². The third kappa shape index (κ3) is 6.21. The number of carbonyl (C=O) groups excluding carboxylic acids is 2. The van der Waals surface area contributed by atoms with Crippen molar-refractivity contribution >= 4 is 29.3 Å². The number of rotatable bonds is 7. The number of methoxy groups -OCH3 is 1. The van der Waals surface area contributed by atoms with E-state index in [-0.39, 0.29) is 17.7 Å². The van der Waals surface area contributed by atoms with Gasteiger partial charge >= 0.3 is 30.0 Å². The molecule has 0 saturated heterocycles. The Bertz CT molecular complexity index is 1200. The van der Waals surface area contributed by atoms with Crippen LogP contribution < -0.4 is 10.6 Å². The van der Waals surface area contributed by atoms with E-state index in [0.717, 1.165) is 37.3 Å². The Morgan fingerprint density at radius 2 is 1.72 bits per heavy atom. The second-order valence-electron chi connectivity index (χ2n) is 8.65. The van der Waals surface area contributed by atoms with E-state index in [1.807, 2.05) is 12.1 Å². The van der Waals surface area contributed by atoms with Gasteiger partial charge in [0.1, 0.15) is 0 Å². The van der Waals surface area contributed by atoms with E-state index in [2.05, 4.69) is 20.8 Å². The van der Waals surface area contributed by atoms with E-state index < -0.39 is 23.5 Å². The molecule has 1 aromatic heterocycles. The highest BCUT2D eigenvalue weighted by Gasteiger charge is 2.33. The van der Waals surface area contributed by atoms with Gasteiger partial charge in [-0.3, -0.25) is 9.59 Å². The molecule has 1 fully saturated rings. The lowest BCUT2D eigenvalue weighted by Gasteiger charge is -2.28. The van der Waals surface area contributed by atoms with Gasteiger partial charge in [0.15, 0.2) is 0 Å². The average Bonchev–Trinajstić information content (AvgIpc) is 3.33. The number of hydrogen-bond donors (Lipinski definition) is 2. The lowest BCUT2D eigenvalue weighted by Crippen LogP contribution is -2.17. The van der Waals surface area contributed by atoms with Gasteiger partial charge in [0.2, 0.25) is 0 Å². The Morgan fingerprint density at radius 1 is 1.03 bits per heavy atom. The van der Waals surface area contributed by atoms with Gasteiger partial charge in [0.25, 0.3) is 0 Å². The first kappa shape index (κ1) is 25.2. The highest BCUT2D eigenvalue weighted by atomic mass is 19.4. The molecule has 1 amide bonds. The lowest BCUT2D eigenvalue weighted by atomic mass is 9.77. The van der Waals surface area contributed by atoms with Crippen LogP contribution in [-0.2, 0) is 15.7 Å². The first-order chi connectivity index (χ1) is 17.2. The summed E-state index contributed by atoms with van der Waals surface area (Å²) < 4.78 is 49.4. The number of benzene rings is 2. The summed E-state index contributed by atoms with van der Waals surface area (Å²) in [4.78, 5) is 24.0. The molecule has 36 heavy (non-hydrogen) atoms. The van der Waals surface area contributed by atoms with Crippen molar-refractivity contribution in [2.45, 2.75) is 44.2 Å². The summed E-state index contributed by atoms with van der Waals surface area (Å²) in [5, 5.41) is 12.3. The van der Waals surface area contributed by atoms with E-state index in [1.54, 1.807) is 12.1 Å². The number of anilines is 3. The predicted octanol–water partition coefficient (Wildman–Crippen LogP) is 5.92. The summed E-state index contributed by atoms with van der Waals surface area (Å²) in [6, 6.07) is 11.9. The van der Waals surface area contributed by atoms with Crippen LogP contribution in [0.1, 0.15) is 59.8 Å². The minimum absolute atomic E-state index is 0.172. The largest absolute Gasteiger partial charge is 0.469 e. The molecule has 0 unspecified atom stereocenters. The molecule has 11 heteroatoms. The fourth-order valence-corrected chi connectivity index (χ4v) is 4.36. The smallest absolute Gasteiger partial charge is 0.418 e. The summed E-state index contributed by atoms with van der Waals surface area (Å²) in [5.74, 6) is -0.518. The Balaban J connectivity index is 1.33. The molecular formula is C25H25F3N4O4. The van der Waals surface area contributed by atoms with E-state index >= 15 is 0 Å². The van der Waals surface area contributed by atoms with Crippen LogP contribution in [0.2, 0.25) is 0 Å². The number of carbonyl (C=O) groups is 2. The van der Waals surface area contributed by atoms with Crippen LogP contribution in [0.15, 0.2) is 52.9 Å². The molecule has 3 aromatic rings. The fraction of sp³-hybridized carbons (Fsp3) is 0.360. The third-order valence-electron chi connectivity index (χ3n) is 6.26. The molecule has 2 aromatic carbocycles. The van der Waals surface area contributed by atoms with Gasteiger partial charge in [-0.05, 0) is 67.3 Å². The summed E-state index contributed by atoms with van der Waals surface area (Å²) >= 11 is 0. The average molecular weight is 502 g/mol. The molecule has 0 atom stereocenters. The number of alkyl halides is 3. The van der Waals surface area contributed by atoms with E-state index in [0.29, 0.717) is 23.9 Å². The zero-order valence-electron chi connectivity index (χ0n) is 19.5. The Hall–Kier alpha value is -3.89. The quantitative estimate of drug-likeness (QED) is 0.386. The van der Waals surface area contributed by atoms with Crippen LogP contribution in [0.3, 0.4) is 0 Å². The SMILES string of the molecule is COC(=O)CC1CCC(c2ccc(NC(=O)c3nnc(Nc4ccccc4C(F)(F)F)o3)cc2)CC1. The fourth-order valence-electron chi connectivity index (χ4n) is 4.36. The number of amides is 1. The minimum atomic E-state index is -4.57. The van der Waals surface area contributed by atoms with Gasteiger partial charge < -0.3 is 19.8 Å². The van der Waals surface area contributed by atoms with Crippen molar-refractivity contribution < 1.29 is 31.9 Å². The number of ether oxygens (including phenoxy) is 1. The van der Waals surface area contributed by atoms with E-state index in [9.17, 15) is 22.8 Å². The van der Waals surface area contributed by atoms with Gasteiger partial charge in [0, 0.05) is 12.1 Å². The second-order valence-corrected chi connectivity index (χ2v) is 8.65. The number of aromatic nitrogens is 2. The van der Waals surface area contributed by atoms with Crippen LogP contribution in [-0.4, -0.2) is 29.2 Å². The number of halogens is 3. The van der Waals surface area contributed by atoms with Crippen LogP contribution in [0.4, 0.5) is 30.6 Å². The number of esters is 1. The molecule has 2 N–H and O–H groups in total. The number of hydrogen-bond acceptors (Lipinski definition) is 7. The monoisotopic (exact) mass is 502 g/mol. The highest BCUT2D eigenvalue weighted by molar-refractivity contribution is 6.00. The molecule has 190 valence electrons. The van der Waals surface area contributed by atoms with Crippen molar-refractivity contribution in [2.24, 2.45) is 5.92 Å². The topological polar surface area (TPSA) is 106 Å². The maximum absolute atomic E-state index is 13.2. The number of para-hydroxylation sites is 1. The molecule has 1 heterocycles. The van der Waals surface area contributed by atoms with Crippen molar-refractivity contribution in [2.75, 3.05) is 17.7 Å². The number of nitrogens with one attached hydrogen (secondary N) is 2. The highest BCUT2D eigenvalue weighted by Crippen LogP contribution is 2.38. The van der Waals surface area contributed by atoms with Gasteiger partial charge in [-0.2, -0.15) is 13.2 Å². The Morgan fingerprint density at radius 3 is 2.39 bits per heavy atom. The molecule has 0 spiro atoms. The summed E-state index contributed by atoms with van der Waals surface area (Å²) in [7, 11) is 1.40. The summed E-state index contributed by atoms with van der Waals surface area (Å²) in [6.45, 7) is 0. The van der Waals surface area contributed by atoms with Crippen molar-refractivity contribution in [3.63, 3.8) is 0 Å². The first-order valence-electron chi connectivity index (χ1n) is 11.5. The molecule has 0 bridgehead atoms. The standard InChI is InChI=1S/C25H25F3N4O4/c1-35-21(33)14-15-6-8-16(9-7-15)17-10-12-18(13-11-17)29-22(34)23-31-32-24(36-23)30-20-5-3-2-4-19(20)25(26,27)28/h2-5,10-13,15-16H,6-9,14H2,1H3,(H,29,34)(H,30,32). The normalized spacial score (nSPS) is 17.9. The molecule has 8 nitrogen and oxygen atoms in total. The van der Waals surface area contributed by atoms with Gasteiger partial charge in [-0.1, -0.05) is 29.4 Å². The second kappa shape index (κ2) is 10.8. The molecule has 0 aliphatic heterocycles. The maximum atomic E-state index is 13.2. The van der Waals surface area contributed by atoms with Gasteiger partial charge in [-0.15, -0.1) is 5.10 Å². The van der Waals surface area contributed by atoms with Crippen LogP contribution >= 0.6 is 0 Å². The minimum Gasteiger partial charge on any atom is -0.469 e. The molecule has 1 saturated carbocycles. The van der Waals surface area contributed by atoms with Crippen LogP contribution in [0.5, 0.6) is 0 Å². The summed E-state index contributed by atoms with van der Waals surface area (Å²) in [6.07, 6.45) is -0.252. The van der Waals surface area contributed by atoms with Crippen LogP contribution in [0, 0.1) is 5.92 Å². The van der Waals surface area contributed by atoms with Crippen molar-refractivity contribution in [1.29, 1.82) is 0 Å². The van der Waals surface area contributed by atoms with Gasteiger partial charge in [0.05, 0.1) is 18.4 Å². The van der Waals surface area contributed by atoms with E-state index in [1.165, 1.54) is 25.3 Å². The number of nitrogens with zero attached hydrogens (tertiary/aromatic N) is 2. The predicted molar refractivity (Wildman–Crippen MR) is 125 cm³/mol.